The zero-order valence-electron chi connectivity index (χ0n) is 13.0. The average Bonchev–Trinajstić information content (AvgIpc) is 2.90. The molecule has 0 saturated carbocycles. The third-order valence-corrected chi connectivity index (χ3v) is 4.42. The first-order chi connectivity index (χ1) is 10.5. The zero-order valence-corrected chi connectivity index (χ0v) is 13.0. The lowest BCUT2D eigenvalue weighted by atomic mass is 9.92. The number of piperidine rings is 1. The quantitative estimate of drug-likeness (QED) is 0.843. The van der Waals surface area contributed by atoms with Crippen LogP contribution in [0, 0.1) is 11.7 Å². The summed E-state index contributed by atoms with van der Waals surface area (Å²) in [4.78, 5) is 20.1. The number of likely N-dealkylation sites (tertiary alicyclic amines) is 1. The highest BCUT2D eigenvalue weighted by molar-refractivity contribution is 6.05. The fourth-order valence-corrected chi connectivity index (χ4v) is 3.19. The van der Waals surface area contributed by atoms with Crippen LogP contribution in [0.2, 0.25) is 0 Å². The number of halogens is 1. The topological polar surface area (TPSA) is 41.9 Å². The molecule has 1 saturated heterocycles. The molecule has 2 heterocycles. The second kappa shape index (κ2) is 5.71. The fourth-order valence-electron chi connectivity index (χ4n) is 3.19. The maximum absolute atomic E-state index is 13.3. The van der Waals surface area contributed by atoms with Crippen molar-refractivity contribution >= 4 is 11.6 Å². The molecule has 2 atom stereocenters. The first kappa shape index (κ1) is 15.0. The van der Waals surface area contributed by atoms with Gasteiger partial charge in [-0.1, -0.05) is 24.2 Å². The summed E-state index contributed by atoms with van der Waals surface area (Å²) in [6, 6.07) is 6.22. The molecule has 0 unspecified atom stereocenters. The van der Waals surface area contributed by atoms with Crippen LogP contribution >= 0.6 is 0 Å². The molecule has 118 valence electrons. The molecule has 0 bridgehead atoms. The highest BCUT2D eigenvalue weighted by Crippen LogP contribution is 2.30. The molecule has 0 N–H and O–H groups in total. The molecule has 0 spiro atoms. The summed E-state index contributed by atoms with van der Waals surface area (Å²) < 4.78 is 13.3. The van der Waals surface area contributed by atoms with E-state index >= 15 is 0 Å². The predicted molar refractivity (Wildman–Crippen MR) is 82.0 cm³/mol. The Bertz CT molecular complexity index is 616. The van der Waals surface area contributed by atoms with Crippen molar-refractivity contribution in [3.8, 4) is 0 Å². The lowest BCUT2D eigenvalue weighted by Gasteiger charge is -2.35. The van der Waals surface area contributed by atoms with Crippen LogP contribution in [0.5, 0.6) is 0 Å². The van der Waals surface area contributed by atoms with Gasteiger partial charge in [0.25, 0.3) is 5.91 Å². The van der Waals surface area contributed by atoms with Crippen LogP contribution in [0.3, 0.4) is 0 Å². The third-order valence-electron chi connectivity index (χ3n) is 4.42. The molecule has 2 aliphatic heterocycles. The molecular formula is C17H21FN2O2. The van der Waals surface area contributed by atoms with Gasteiger partial charge in [-0.3, -0.25) is 4.79 Å². The molecule has 1 fully saturated rings. The van der Waals surface area contributed by atoms with E-state index in [4.69, 9.17) is 4.84 Å². The summed E-state index contributed by atoms with van der Waals surface area (Å²) in [6.07, 6.45) is 2.56. The van der Waals surface area contributed by atoms with E-state index in [2.05, 4.69) is 12.1 Å². The molecular weight excluding hydrogens is 283 g/mol. The molecule has 5 heteroatoms. The van der Waals surface area contributed by atoms with Crippen molar-refractivity contribution in [2.24, 2.45) is 11.1 Å². The van der Waals surface area contributed by atoms with Gasteiger partial charge in [-0.25, -0.2) is 4.39 Å². The number of hydrogen-bond donors (Lipinski definition) is 0. The molecule has 0 radical (unpaired) electrons. The van der Waals surface area contributed by atoms with Gasteiger partial charge in [-0.15, -0.1) is 0 Å². The van der Waals surface area contributed by atoms with E-state index in [1.807, 2.05) is 4.90 Å². The van der Waals surface area contributed by atoms with Gasteiger partial charge in [0.15, 0.2) is 0 Å². The number of carbonyl (C=O) groups is 1. The Labute approximate surface area is 129 Å². The van der Waals surface area contributed by atoms with Crippen LogP contribution < -0.4 is 0 Å². The van der Waals surface area contributed by atoms with Crippen molar-refractivity contribution in [1.82, 2.24) is 4.90 Å². The molecule has 1 aromatic rings. The van der Waals surface area contributed by atoms with Gasteiger partial charge in [0.1, 0.15) is 5.82 Å². The fraction of sp³-hybridized carbons (Fsp3) is 0.529. The van der Waals surface area contributed by atoms with E-state index in [-0.39, 0.29) is 11.7 Å². The van der Waals surface area contributed by atoms with Crippen molar-refractivity contribution in [3.63, 3.8) is 0 Å². The SMILES string of the molecule is C[C@@H]1CCCN(C(=O)[C@]2(C)CC(c3cccc(F)c3)=NO2)C1. The van der Waals surface area contributed by atoms with E-state index < -0.39 is 5.60 Å². The number of benzene rings is 1. The molecule has 2 aliphatic rings. The molecule has 4 nitrogen and oxygen atoms in total. The monoisotopic (exact) mass is 304 g/mol. The Balaban J connectivity index is 1.72. The van der Waals surface area contributed by atoms with Gasteiger partial charge in [0, 0.05) is 25.1 Å². The van der Waals surface area contributed by atoms with Crippen LogP contribution in [-0.2, 0) is 9.63 Å². The van der Waals surface area contributed by atoms with Crippen LogP contribution in [0.4, 0.5) is 4.39 Å². The van der Waals surface area contributed by atoms with Crippen LogP contribution in [0.15, 0.2) is 29.4 Å². The van der Waals surface area contributed by atoms with Gasteiger partial charge in [-0.05, 0) is 37.8 Å². The summed E-state index contributed by atoms with van der Waals surface area (Å²) in [5.41, 5.74) is 0.322. The van der Waals surface area contributed by atoms with Crippen LogP contribution in [0.1, 0.15) is 38.7 Å². The van der Waals surface area contributed by atoms with E-state index in [0.717, 1.165) is 25.9 Å². The second-order valence-electron chi connectivity index (χ2n) is 6.55. The Hall–Kier alpha value is -1.91. The van der Waals surface area contributed by atoms with Crippen molar-refractivity contribution < 1.29 is 14.0 Å². The lowest BCUT2D eigenvalue weighted by Crippen LogP contribution is -2.50. The molecule has 3 rings (SSSR count). The summed E-state index contributed by atoms with van der Waals surface area (Å²) in [5, 5.41) is 4.04. The maximum Gasteiger partial charge on any atom is 0.269 e. The minimum atomic E-state index is -0.974. The maximum atomic E-state index is 13.3. The first-order valence-corrected chi connectivity index (χ1v) is 7.78. The summed E-state index contributed by atoms with van der Waals surface area (Å²) >= 11 is 0. The Kier molecular flexibility index (Phi) is 3.89. The minimum absolute atomic E-state index is 0.0193. The van der Waals surface area contributed by atoms with Crippen LogP contribution in [-0.4, -0.2) is 35.2 Å². The molecule has 1 amide bonds. The highest BCUT2D eigenvalue weighted by Gasteiger charge is 2.45. The van der Waals surface area contributed by atoms with Gasteiger partial charge in [0.05, 0.1) is 5.71 Å². The molecule has 0 aliphatic carbocycles. The summed E-state index contributed by atoms with van der Waals surface area (Å²) in [6.45, 7) is 5.47. The summed E-state index contributed by atoms with van der Waals surface area (Å²) in [5.74, 6) is 0.186. The van der Waals surface area contributed by atoms with Crippen LogP contribution in [0.25, 0.3) is 0 Å². The minimum Gasteiger partial charge on any atom is -0.379 e. The van der Waals surface area contributed by atoms with Crippen molar-refractivity contribution in [2.45, 2.75) is 38.7 Å². The van der Waals surface area contributed by atoms with E-state index in [9.17, 15) is 9.18 Å². The smallest absolute Gasteiger partial charge is 0.269 e. The highest BCUT2D eigenvalue weighted by atomic mass is 19.1. The molecule has 1 aromatic carbocycles. The zero-order chi connectivity index (χ0) is 15.7. The predicted octanol–water partition coefficient (Wildman–Crippen LogP) is 2.97. The third kappa shape index (κ3) is 2.85. The number of hydrogen-bond acceptors (Lipinski definition) is 3. The second-order valence-corrected chi connectivity index (χ2v) is 6.55. The van der Waals surface area contributed by atoms with Gasteiger partial charge in [-0.2, -0.15) is 0 Å². The van der Waals surface area contributed by atoms with Gasteiger partial charge in [0.2, 0.25) is 5.60 Å². The van der Waals surface area contributed by atoms with E-state index in [1.165, 1.54) is 12.1 Å². The number of nitrogens with zero attached hydrogens (tertiary/aromatic N) is 2. The normalized spacial score (nSPS) is 28.2. The standard InChI is InChI=1S/C17H21FN2O2/c1-12-5-4-8-20(11-12)16(21)17(2)10-15(19-22-17)13-6-3-7-14(18)9-13/h3,6-7,9,12H,4-5,8,10-11H2,1-2H3/t12-,17+/m1/s1. The number of carbonyl (C=O) groups excluding carboxylic acids is 1. The molecule has 0 aromatic heterocycles. The Morgan fingerprint density at radius 3 is 3.05 bits per heavy atom. The number of amides is 1. The van der Waals surface area contributed by atoms with Gasteiger partial charge < -0.3 is 9.74 Å². The van der Waals surface area contributed by atoms with E-state index in [0.29, 0.717) is 23.6 Å². The van der Waals surface area contributed by atoms with Crippen molar-refractivity contribution in [2.75, 3.05) is 13.1 Å². The number of rotatable bonds is 2. The van der Waals surface area contributed by atoms with E-state index in [1.54, 1.807) is 19.1 Å². The Morgan fingerprint density at radius 1 is 1.50 bits per heavy atom. The van der Waals surface area contributed by atoms with Crippen molar-refractivity contribution in [3.05, 3.63) is 35.6 Å². The first-order valence-electron chi connectivity index (χ1n) is 7.78. The Morgan fingerprint density at radius 2 is 2.32 bits per heavy atom. The number of oxime groups is 1. The van der Waals surface area contributed by atoms with Gasteiger partial charge >= 0.3 is 0 Å². The largest absolute Gasteiger partial charge is 0.379 e. The summed E-state index contributed by atoms with van der Waals surface area (Å²) in [7, 11) is 0. The average molecular weight is 304 g/mol. The lowest BCUT2D eigenvalue weighted by molar-refractivity contribution is -0.155. The van der Waals surface area contributed by atoms with Crippen molar-refractivity contribution in [1.29, 1.82) is 0 Å². The molecule has 22 heavy (non-hydrogen) atoms.